The number of amides is 1. The lowest BCUT2D eigenvalue weighted by molar-refractivity contribution is -0.00798. The number of carbonyl (C=O) groups excluding carboxylic acids is 1. The maximum absolute atomic E-state index is 11.8. The standard InChI is InChI=1S/C17H33NO6S.C3H8/c1-2-7-20-8-9-21-10-11-22-12-13-23-14-15-24-17(19)18-5-3-16(25)4-6-18;1-3-2/h16,25H,2-15H2,1H3;3H2,1-2H3. The van der Waals surface area contributed by atoms with E-state index in [-0.39, 0.29) is 12.7 Å². The molecule has 0 saturated carbocycles. The molecule has 0 unspecified atom stereocenters. The number of thiol groups is 1. The largest absolute Gasteiger partial charge is 0.447 e. The maximum Gasteiger partial charge on any atom is 0.409 e. The molecular formula is C20H41NO6S. The van der Waals surface area contributed by atoms with Crippen molar-refractivity contribution in [2.24, 2.45) is 0 Å². The monoisotopic (exact) mass is 423 g/mol. The topological polar surface area (TPSA) is 66.5 Å². The number of likely N-dealkylation sites (tertiary alicyclic amines) is 1. The fourth-order valence-corrected chi connectivity index (χ4v) is 2.46. The van der Waals surface area contributed by atoms with Gasteiger partial charge in [-0.05, 0) is 19.3 Å². The van der Waals surface area contributed by atoms with Crippen molar-refractivity contribution < 1.29 is 28.5 Å². The molecule has 28 heavy (non-hydrogen) atoms. The number of hydrogen-bond acceptors (Lipinski definition) is 7. The molecule has 8 heteroatoms. The lowest BCUT2D eigenvalue weighted by Crippen LogP contribution is -2.39. The summed E-state index contributed by atoms with van der Waals surface area (Å²) in [6, 6.07) is 0. The number of hydrogen-bond donors (Lipinski definition) is 1. The van der Waals surface area contributed by atoms with Crippen molar-refractivity contribution in [1.29, 1.82) is 0 Å². The third-order valence-electron chi connectivity index (χ3n) is 3.64. The van der Waals surface area contributed by atoms with Gasteiger partial charge in [0.2, 0.25) is 0 Å². The third-order valence-corrected chi connectivity index (χ3v) is 4.16. The van der Waals surface area contributed by atoms with Crippen molar-refractivity contribution in [3.8, 4) is 0 Å². The van der Waals surface area contributed by atoms with E-state index in [0.717, 1.165) is 25.9 Å². The molecule has 0 aliphatic carbocycles. The highest BCUT2D eigenvalue weighted by Crippen LogP contribution is 2.15. The molecule has 0 N–H and O–H groups in total. The summed E-state index contributed by atoms with van der Waals surface area (Å²) in [5.74, 6) is 0. The molecule has 1 heterocycles. The molecule has 0 atom stereocenters. The van der Waals surface area contributed by atoms with Crippen LogP contribution >= 0.6 is 12.6 Å². The first-order valence-corrected chi connectivity index (χ1v) is 11.1. The summed E-state index contributed by atoms with van der Waals surface area (Å²) in [6.07, 6.45) is 3.85. The van der Waals surface area contributed by atoms with E-state index in [9.17, 15) is 4.79 Å². The van der Waals surface area contributed by atoms with E-state index >= 15 is 0 Å². The number of nitrogens with zero attached hydrogens (tertiary/aromatic N) is 1. The zero-order chi connectivity index (χ0) is 20.9. The minimum Gasteiger partial charge on any atom is -0.447 e. The normalized spacial score (nSPS) is 14.5. The van der Waals surface area contributed by atoms with Gasteiger partial charge in [0.15, 0.2) is 0 Å². The fourth-order valence-electron chi connectivity index (χ4n) is 2.23. The van der Waals surface area contributed by atoms with Gasteiger partial charge in [-0.25, -0.2) is 4.79 Å². The summed E-state index contributed by atoms with van der Waals surface area (Å²) in [5.41, 5.74) is 0. The van der Waals surface area contributed by atoms with Gasteiger partial charge in [-0.3, -0.25) is 0 Å². The second-order valence-corrected chi connectivity index (χ2v) is 7.22. The van der Waals surface area contributed by atoms with Crippen LogP contribution in [0.5, 0.6) is 0 Å². The maximum atomic E-state index is 11.8. The number of ether oxygens (including phenoxy) is 5. The Morgan fingerprint density at radius 2 is 1.18 bits per heavy atom. The SMILES string of the molecule is CCC.CCCOCCOCCOCCOCCOC(=O)N1CCC(S)CC1. The predicted octanol–water partition coefficient (Wildman–Crippen LogP) is 3.41. The van der Waals surface area contributed by atoms with Crippen molar-refractivity contribution in [2.75, 3.05) is 72.6 Å². The molecule has 1 fully saturated rings. The highest BCUT2D eigenvalue weighted by Gasteiger charge is 2.21. The Balaban J connectivity index is 0.00000227. The van der Waals surface area contributed by atoms with E-state index in [2.05, 4.69) is 33.4 Å². The van der Waals surface area contributed by atoms with Gasteiger partial charge in [-0.2, -0.15) is 12.6 Å². The van der Waals surface area contributed by atoms with Gasteiger partial charge < -0.3 is 28.6 Å². The number of carbonyl (C=O) groups is 1. The minimum atomic E-state index is -0.264. The van der Waals surface area contributed by atoms with Crippen LogP contribution in [0.25, 0.3) is 0 Å². The quantitative estimate of drug-likeness (QED) is 0.341. The molecule has 1 aliphatic heterocycles. The Morgan fingerprint density at radius 3 is 1.61 bits per heavy atom. The van der Waals surface area contributed by atoms with Crippen molar-refractivity contribution in [2.45, 2.75) is 51.7 Å². The third kappa shape index (κ3) is 17.6. The first-order valence-electron chi connectivity index (χ1n) is 10.6. The molecule has 1 saturated heterocycles. The molecular weight excluding hydrogens is 382 g/mol. The predicted molar refractivity (Wildman–Crippen MR) is 114 cm³/mol. The Kier molecular flexibility index (Phi) is 20.8. The van der Waals surface area contributed by atoms with Crippen LogP contribution in [0.15, 0.2) is 0 Å². The second kappa shape index (κ2) is 21.2. The van der Waals surface area contributed by atoms with Gasteiger partial charge in [0.25, 0.3) is 0 Å². The smallest absolute Gasteiger partial charge is 0.409 e. The molecule has 1 aliphatic rings. The molecule has 0 aromatic rings. The molecule has 7 nitrogen and oxygen atoms in total. The first kappa shape index (κ1) is 27.5. The van der Waals surface area contributed by atoms with Gasteiger partial charge in [-0.1, -0.05) is 27.2 Å². The van der Waals surface area contributed by atoms with E-state index in [1.165, 1.54) is 6.42 Å². The Labute approximate surface area is 176 Å². The minimum absolute atomic E-state index is 0.264. The average Bonchev–Trinajstić information content (AvgIpc) is 2.69. The van der Waals surface area contributed by atoms with E-state index < -0.39 is 0 Å². The average molecular weight is 424 g/mol. The fraction of sp³-hybridized carbons (Fsp3) is 0.950. The first-order chi connectivity index (χ1) is 13.7. The van der Waals surface area contributed by atoms with Crippen LogP contribution in [0.1, 0.15) is 46.5 Å². The van der Waals surface area contributed by atoms with Gasteiger partial charge in [-0.15, -0.1) is 0 Å². The van der Waals surface area contributed by atoms with E-state index in [0.29, 0.717) is 64.6 Å². The van der Waals surface area contributed by atoms with Gasteiger partial charge in [0.05, 0.1) is 46.2 Å². The van der Waals surface area contributed by atoms with Gasteiger partial charge in [0, 0.05) is 24.9 Å². The molecule has 1 rings (SSSR count). The van der Waals surface area contributed by atoms with Crippen LogP contribution < -0.4 is 0 Å². The summed E-state index contributed by atoms with van der Waals surface area (Å²) in [4.78, 5) is 13.5. The van der Waals surface area contributed by atoms with Crippen molar-refractivity contribution in [3.05, 3.63) is 0 Å². The summed E-state index contributed by atoms with van der Waals surface area (Å²) >= 11 is 4.41. The van der Waals surface area contributed by atoms with Crippen molar-refractivity contribution in [3.63, 3.8) is 0 Å². The zero-order valence-corrected chi connectivity index (χ0v) is 18.9. The molecule has 0 aromatic carbocycles. The molecule has 1 amide bonds. The van der Waals surface area contributed by atoms with Crippen LogP contribution in [0, 0.1) is 0 Å². The highest BCUT2D eigenvalue weighted by atomic mass is 32.1. The Hall–Kier alpha value is -0.540. The molecule has 0 spiro atoms. The van der Waals surface area contributed by atoms with Crippen LogP contribution in [-0.2, 0) is 23.7 Å². The van der Waals surface area contributed by atoms with E-state index in [4.69, 9.17) is 23.7 Å². The summed E-state index contributed by atoms with van der Waals surface area (Å²) in [7, 11) is 0. The summed E-state index contributed by atoms with van der Waals surface area (Å²) in [5, 5.41) is 0.396. The van der Waals surface area contributed by atoms with Crippen LogP contribution in [-0.4, -0.2) is 88.8 Å². The Bertz CT molecular complexity index is 341. The highest BCUT2D eigenvalue weighted by molar-refractivity contribution is 7.80. The van der Waals surface area contributed by atoms with Crippen LogP contribution in [0.3, 0.4) is 0 Å². The summed E-state index contributed by atoms with van der Waals surface area (Å²) < 4.78 is 26.6. The van der Waals surface area contributed by atoms with Crippen LogP contribution in [0.2, 0.25) is 0 Å². The number of rotatable bonds is 14. The van der Waals surface area contributed by atoms with Gasteiger partial charge >= 0.3 is 6.09 Å². The van der Waals surface area contributed by atoms with Gasteiger partial charge in [0.1, 0.15) is 6.61 Å². The molecule has 168 valence electrons. The lowest BCUT2D eigenvalue weighted by Gasteiger charge is -2.28. The lowest BCUT2D eigenvalue weighted by atomic mass is 10.1. The molecule has 0 aromatic heterocycles. The number of piperidine rings is 1. The van der Waals surface area contributed by atoms with E-state index in [1.54, 1.807) is 4.90 Å². The van der Waals surface area contributed by atoms with E-state index in [1.807, 2.05) is 0 Å². The zero-order valence-electron chi connectivity index (χ0n) is 18.0. The summed E-state index contributed by atoms with van der Waals surface area (Å²) in [6.45, 7) is 12.5. The van der Waals surface area contributed by atoms with Crippen LogP contribution in [0.4, 0.5) is 4.79 Å². The Morgan fingerprint density at radius 1 is 0.786 bits per heavy atom. The van der Waals surface area contributed by atoms with Crippen molar-refractivity contribution in [1.82, 2.24) is 4.90 Å². The van der Waals surface area contributed by atoms with Crippen molar-refractivity contribution >= 4 is 18.7 Å². The second-order valence-electron chi connectivity index (χ2n) is 6.49. The molecule has 0 radical (unpaired) electrons. The molecule has 0 bridgehead atoms.